The summed E-state index contributed by atoms with van der Waals surface area (Å²) in [6, 6.07) is 11.3. The van der Waals surface area contributed by atoms with Crippen molar-refractivity contribution in [3.8, 4) is 5.75 Å². The lowest BCUT2D eigenvalue weighted by Crippen LogP contribution is -2.32. The highest BCUT2D eigenvalue weighted by atomic mass is 16.7. The first-order chi connectivity index (χ1) is 14.0. The average Bonchev–Trinajstić information content (AvgIpc) is 2.99. The second kappa shape index (κ2) is 8.02. The summed E-state index contributed by atoms with van der Waals surface area (Å²) in [5.74, 6) is -1.34. The van der Waals surface area contributed by atoms with Crippen molar-refractivity contribution in [3.05, 3.63) is 59.2 Å². The molecule has 2 aromatic carbocycles. The van der Waals surface area contributed by atoms with Gasteiger partial charge in [-0.2, -0.15) is 0 Å². The van der Waals surface area contributed by atoms with Crippen LogP contribution in [0, 0.1) is 0 Å². The van der Waals surface area contributed by atoms with Gasteiger partial charge in [0, 0.05) is 18.5 Å². The van der Waals surface area contributed by atoms with Gasteiger partial charge in [0.2, 0.25) is 5.91 Å². The number of rotatable bonds is 5. The van der Waals surface area contributed by atoms with Crippen molar-refractivity contribution in [2.24, 2.45) is 0 Å². The van der Waals surface area contributed by atoms with Crippen LogP contribution < -0.4 is 5.32 Å². The average molecular weight is 396 g/mol. The van der Waals surface area contributed by atoms with E-state index in [1.807, 2.05) is 0 Å². The van der Waals surface area contributed by atoms with Gasteiger partial charge in [-0.15, -0.1) is 0 Å². The fourth-order valence-corrected chi connectivity index (χ4v) is 3.35. The number of hydrogen-bond donors (Lipinski definition) is 2. The lowest BCUT2D eigenvalue weighted by molar-refractivity contribution is -0.183. The summed E-state index contributed by atoms with van der Waals surface area (Å²) < 4.78 is 11.1. The topological polar surface area (TPSA) is 105 Å². The number of carbonyl (C=O) groups is 3. The highest BCUT2D eigenvalue weighted by molar-refractivity contribution is 6.21. The Morgan fingerprint density at radius 1 is 1.07 bits per heavy atom. The Labute approximate surface area is 167 Å². The number of anilines is 1. The number of nitrogens with one attached hydrogen (secondary N) is 1. The molecule has 150 valence electrons. The SMILES string of the molecule is O=C(CCN1C(=O)c2ccccc2C1=O)Nc1cc(C2OCCCO2)ccc1O. The smallest absolute Gasteiger partial charge is 0.261 e. The second-order valence-electron chi connectivity index (χ2n) is 6.81. The summed E-state index contributed by atoms with van der Waals surface area (Å²) in [4.78, 5) is 38.1. The molecule has 0 aromatic heterocycles. The first-order valence-electron chi connectivity index (χ1n) is 9.36. The highest BCUT2D eigenvalue weighted by Crippen LogP contribution is 2.30. The quantitative estimate of drug-likeness (QED) is 0.594. The molecular formula is C21H20N2O6. The van der Waals surface area contributed by atoms with Crippen LogP contribution in [0.2, 0.25) is 0 Å². The van der Waals surface area contributed by atoms with Crippen LogP contribution >= 0.6 is 0 Å². The van der Waals surface area contributed by atoms with Crippen LogP contribution in [0.3, 0.4) is 0 Å². The predicted octanol–water partition coefficient (Wildman–Crippen LogP) is 2.45. The van der Waals surface area contributed by atoms with Gasteiger partial charge in [0.25, 0.3) is 11.8 Å². The van der Waals surface area contributed by atoms with Gasteiger partial charge in [0.05, 0.1) is 30.0 Å². The number of hydrogen-bond acceptors (Lipinski definition) is 6. The Bertz CT molecular complexity index is 932. The molecule has 2 heterocycles. The zero-order valence-electron chi connectivity index (χ0n) is 15.6. The van der Waals surface area contributed by atoms with Crippen LogP contribution in [-0.2, 0) is 14.3 Å². The van der Waals surface area contributed by atoms with Crippen LogP contribution in [0.1, 0.15) is 45.4 Å². The number of imide groups is 1. The van der Waals surface area contributed by atoms with E-state index in [9.17, 15) is 19.5 Å². The molecule has 29 heavy (non-hydrogen) atoms. The van der Waals surface area contributed by atoms with Gasteiger partial charge in [-0.05, 0) is 30.7 Å². The Hall–Kier alpha value is -3.23. The molecule has 0 unspecified atom stereocenters. The van der Waals surface area contributed by atoms with Gasteiger partial charge >= 0.3 is 0 Å². The predicted molar refractivity (Wildman–Crippen MR) is 102 cm³/mol. The Kier molecular flexibility index (Phi) is 5.28. The number of benzene rings is 2. The largest absolute Gasteiger partial charge is 0.506 e. The molecule has 8 heteroatoms. The van der Waals surface area contributed by atoms with Crippen molar-refractivity contribution in [2.45, 2.75) is 19.1 Å². The number of fused-ring (bicyclic) bond motifs is 1. The minimum absolute atomic E-state index is 0.0481. The summed E-state index contributed by atoms with van der Waals surface area (Å²) in [5.41, 5.74) is 1.58. The number of aromatic hydroxyl groups is 1. The van der Waals surface area contributed by atoms with Crippen LogP contribution in [0.5, 0.6) is 5.75 Å². The summed E-state index contributed by atoms with van der Waals surface area (Å²) in [7, 11) is 0. The van der Waals surface area contributed by atoms with E-state index < -0.39 is 24.0 Å². The van der Waals surface area contributed by atoms with E-state index in [4.69, 9.17) is 9.47 Å². The third-order valence-corrected chi connectivity index (χ3v) is 4.83. The molecule has 0 bridgehead atoms. The first-order valence-corrected chi connectivity index (χ1v) is 9.36. The Morgan fingerprint density at radius 3 is 2.38 bits per heavy atom. The van der Waals surface area contributed by atoms with E-state index in [-0.39, 0.29) is 24.4 Å². The molecule has 0 radical (unpaired) electrons. The van der Waals surface area contributed by atoms with Crippen LogP contribution in [0.15, 0.2) is 42.5 Å². The molecule has 1 saturated heterocycles. The minimum atomic E-state index is -0.543. The lowest BCUT2D eigenvalue weighted by atomic mass is 10.1. The molecule has 0 atom stereocenters. The van der Waals surface area contributed by atoms with Gasteiger partial charge in [0.15, 0.2) is 6.29 Å². The summed E-state index contributed by atoms with van der Waals surface area (Å²) >= 11 is 0. The monoisotopic (exact) mass is 396 g/mol. The van der Waals surface area contributed by atoms with Crippen molar-refractivity contribution in [1.29, 1.82) is 0 Å². The maximum absolute atomic E-state index is 12.4. The Balaban J connectivity index is 1.39. The molecule has 2 aromatic rings. The van der Waals surface area contributed by atoms with Gasteiger partial charge < -0.3 is 19.9 Å². The van der Waals surface area contributed by atoms with Crippen LogP contribution in [0.4, 0.5) is 5.69 Å². The second-order valence-corrected chi connectivity index (χ2v) is 6.81. The maximum atomic E-state index is 12.4. The van der Waals surface area contributed by atoms with Crippen molar-refractivity contribution >= 4 is 23.4 Å². The number of ether oxygens (including phenoxy) is 2. The van der Waals surface area contributed by atoms with Crippen molar-refractivity contribution < 1.29 is 29.0 Å². The van der Waals surface area contributed by atoms with E-state index in [1.54, 1.807) is 36.4 Å². The fourth-order valence-electron chi connectivity index (χ4n) is 3.35. The van der Waals surface area contributed by atoms with E-state index in [1.165, 1.54) is 6.07 Å². The van der Waals surface area contributed by atoms with E-state index in [0.29, 0.717) is 29.9 Å². The fraction of sp³-hybridized carbons (Fsp3) is 0.286. The number of phenols is 1. The number of nitrogens with zero attached hydrogens (tertiary/aromatic N) is 1. The number of carbonyl (C=O) groups excluding carboxylic acids is 3. The van der Waals surface area contributed by atoms with Crippen LogP contribution in [-0.4, -0.2) is 47.5 Å². The molecule has 0 spiro atoms. The standard InChI is InChI=1S/C21H20N2O6/c24-17-7-6-13(21-28-10-3-11-29-21)12-16(17)22-18(25)8-9-23-19(26)14-4-1-2-5-15(14)20(23)27/h1-2,4-7,12,21,24H,3,8-11H2,(H,22,25). The van der Waals surface area contributed by atoms with E-state index in [2.05, 4.69) is 5.32 Å². The summed E-state index contributed by atoms with van der Waals surface area (Å²) in [6.07, 6.45) is 0.181. The number of amides is 3. The minimum Gasteiger partial charge on any atom is -0.506 e. The lowest BCUT2D eigenvalue weighted by Gasteiger charge is -2.24. The van der Waals surface area contributed by atoms with Crippen molar-refractivity contribution in [2.75, 3.05) is 25.1 Å². The first kappa shape index (κ1) is 19.1. The Morgan fingerprint density at radius 2 is 1.72 bits per heavy atom. The molecule has 4 rings (SSSR count). The molecule has 8 nitrogen and oxygen atoms in total. The zero-order valence-corrected chi connectivity index (χ0v) is 15.6. The summed E-state index contributed by atoms with van der Waals surface area (Å²) in [5, 5.41) is 12.7. The molecule has 1 fully saturated rings. The summed E-state index contributed by atoms with van der Waals surface area (Å²) in [6.45, 7) is 1.11. The molecule has 2 aliphatic heterocycles. The molecule has 0 aliphatic carbocycles. The normalized spacial score (nSPS) is 16.8. The third kappa shape index (κ3) is 3.85. The van der Waals surface area contributed by atoms with E-state index >= 15 is 0 Å². The molecule has 3 amide bonds. The zero-order chi connectivity index (χ0) is 20.4. The molecule has 0 saturated carbocycles. The third-order valence-electron chi connectivity index (χ3n) is 4.83. The molecule has 2 aliphatic rings. The van der Waals surface area contributed by atoms with Crippen molar-refractivity contribution in [1.82, 2.24) is 4.90 Å². The van der Waals surface area contributed by atoms with Gasteiger partial charge in [0.1, 0.15) is 5.75 Å². The van der Waals surface area contributed by atoms with E-state index in [0.717, 1.165) is 11.3 Å². The highest BCUT2D eigenvalue weighted by Gasteiger charge is 2.35. The molecular weight excluding hydrogens is 376 g/mol. The van der Waals surface area contributed by atoms with Crippen LogP contribution in [0.25, 0.3) is 0 Å². The molecule has 2 N–H and O–H groups in total. The number of phenolic OH excluding ortho intramolecular Hbond substituents is 1. The van der Waals surface area contributed by atoms with Crippen molar-refractivity contribution in [3.63, 3.8) is 0 Å². The van der Waals surface area contributed by atoms with Gasteiger partial charge in [-0.3, -0.25) is 19.3 Å². The van der Waals surface area contributed by atoms with Gasteiger partial charge in [-0.1, -0.05) is 18.2 Å². The van der Waals surface area contributed by atoms with Gasteiger partial charge in [-0.25, -0.2) is 0 Å². The maximum Gasteiger partial charge on any atom is 0.261 e.